The SMILES string of the molecule is COc1cccc(OC)c1-n1c(NS(=O)(=O)[C@@H](C)[C@H](C)c2ncc(C)cn2)nnc1-c1ccn(C)n1.[HH]. The Balaban J connectivity index is 0.00000380. The zero-order valence-electron chi connectivity index (χ0n) is 20.9. The Morgan fingerprint density at radius 1 is 1.03 bits per heavy atom. The Labute approximate surface area is 210 Å². The molecular formula is C23H30N8O4S. The van der Waals surface area contributed by atoms with Crippen LogP contribution in [0, 0.1) is 6.92 Å². The average Bonchev–Trinajstić information content (AvgIpc) is 3.48. The van der Waals surface area contributed by atoms with Crippen molar-refractivity contribution in [1.82, 2.24) is 34.5 Å². The summed E-state index contributed by atoms with van der Waals surface area (Å²) in [4.78, 5) is 8.59. The fourth-order valence-corrected chi connectivity index (χ4v) is 4.88. The third-order valence-electron chi connectivity index (χ3n) is 5.87. The van der Waals surface area contributed by atoms with Gasteiger partial charge in [-0.25, -0.2) is 18.4 Å². The minimum absolute atomic E-state index is 0. The zero-order chi connectivity index (χ0) is 26.0. The second-order valence-electron chi connectivity index (χ2n) is 8.33. The topological polar surface area (TPSA) is 139 Å². The molecule has 4 rings (SSSR count). The number of rotatable bonds is 9. The van der Waals surface area contributed by atoms with Gasteiger partial charge in [0.05, 0.1) is 19.5 Å². The number of para-hydroxylation sites is 1. The number of hydrogen-bond acceptors (Lipinski definition) is 9. The number of aromatic nitrogens is 7. The van der Waals surface area contributed by atoms with Gasteiger partial charge in [-0.05, 0) is 37.6 Å². The normalized spacial score (nSPS) is 13.3. The molecule has 36 heavy (non-hydrogen) atoms. The van der Waals surface area contributed by atoms with Gasteiger partial charge in [-0.1, -0.05) is 13.0 Å². The lowest BCUT2D eigenvalue weighted by atomic mass is 10.1. The number of hydrogen-bond donors (Lipinski definition) is 1. The molecule has 0 saturated heterocycles. The summed E-state index contributed by atoms with van der Waals surface area (Å²) >= 11 is 0. The molecule has 0 radical (unpaired) electrons. The van der Waals surface area contributed by atoms with Crippen LogP contribution in [0.1, 0.15) is 32.6 Å². The molecule has 0 saturated carbocycles. The summed E-state index contributed by atoms with van der Waals surface area (Å²) in [6, 6.07) is 6.98. The third-order valence-corrected chi connectivity index (χ3v) is 7.72. The third kappa shape index (κ3) is 4.73. The first kappa shape index (κ1) is 25.1. The van der Waals surface area contributed by atoms with Crippen molar-refractivity contribution in [2.24, 2.45) is 7.05 Å². The van der Waals surface area contributed by atoms with Crippen LogP contribution in [0.3, 0.4) is 0 Å². The molecule has 12 nitrogen and oxygen atoms in total. The van der Waals surface area contributed by atoms with Gasteiger partial charge in [-0.15, -0.1) is 10.2 Å². The van der Waals surface area contributed by atoms with Gasteiger partial charge in [0.2, 0.25) is 16.0 Å². The summed E-state index contributed by atoms with van der Waals surface area (Å²) in [6.07, 6.45) is 5.08. The molecule has 0 aliphatic heterocycles. The first-order chi connectivity index (χ1) is 17.2. The first-order valence-electron chi connectivity index (χ1n) is 11.1. The molecule has 0 spiro atoms. The Morgan fingerprint density at radius 3 is 2.22 bits per heavy atom. The molecule has 0 bridgehead atoms. The van der Waals surface area contributed by atoms with E-state index in [-0.39, 0.29) is 7.37 Å². The number of ether oxygens (including phenoxy) is 2. The van der Waals surface area contributed by atoms with E-state index in [2.05, 4.69) is 30.0 Å². The molecule has 0 unspecified atom stereocenters. The van der Waals surface area contributed by atoms with E-state index in [0.717, 1.165) is 5.56 Å². The van der Waals surface area contributed by atoms with Crippen molar-refractivity contribution in [1.29, 1.82) is 0 Å². The highest BCUT2D eigenvalue weighted by Crippen LogP contribution is 2.37. The highest BCUT2D eigenvalue weighted by Gasteiger charge is 2.32. The number of sulfonamides is 1. The zero-order valence-corrected chi connectivity index (χ0v) is 21.7. The smallest absolute Gasteiger partial charge is 0.243 e. The lowest BCUT2D eigenvalue weighted by Crippen LogP contribution is -2.31. The first-order valence-corrected chi connectivity index (χ1v) is 12.7. The van der Waals surface area contributed by atoms with Crippen molar-refractivity contribution in [3.05, 3.63) is 54.2 Å². The van der Waals surface area contributed by atoms with Gasteiger partial charge in [0.1, 0.15) is 28.7 Å². The van der Waals surface area contributed by atoms with Crippen molar-refractivity contribution in [3.8, 4) is 28.7 Å². The Hall–Kier alpha value is -4.00. The van der Waals surface area contributed by atoms with E-state index in [1.807, 2.05) is 6.92 Å². The number of nitrogens with zero attached hydrogens (tertiary/aromatic N) is 7. The summed E-state index contributed by atoms with van der Waals surface area (Å²) in [5, 5.41) is 12.0. The maximum Gasteiger partial charge on any atom is 0.243 e. The van der Waals surface area contributed by atoms with Crippen LogP contribution < -0.4 is 14.2 Å². The van der Waals surface area contributed by atoms with Crippen LogP contribution in [-0.4, -0.2) is 62.4 Å². The van der Waals surface area contributed by atoms with Gasteiger partial charge in [0.25, 0.3) is 0 Å². The van der Waals surface area contributed by atoms with E-state index >= 15 is 0 Å². The molecule has 0 fully saturated rings. The van der Waals surface area contributed by atoms with Gasteiger partial charge >= 0.3 is 0 Å². The van der Waals surface area contributed by atoms with E-state index in [0.29, 0.717) is 34.5 Å². The van der Waals surface area contributed by atoms with Crippen molar-refractivity contribution >= 4 is 16.0 Å². The van der Waals surface area contributed by atoms with E-state index < -0.39 is 21.2 Å². The molecule has 2 atom stereocenters. The molecule has 3 heterocycles. The van der Waals surface area contributed by atoms with Crippen LogP contribution in [0.15, 0.2) is 42.9 Å². The standard InChI is InChI=1S/C23H28N8O4S.H2/c1-14-12-24-21(25-13-14)15(2)16(3)36(32,33)29-23-27-26-22(17-10-11-30(4)28-17)31(23)20-18(34-5)8-7-9-19(20)35-6;/h7-13,15-16H,1-6H3,(H,27,29);1H/t15-,16-;/m0./s1. The largest absolute Gasteiger partial charge is 0.494 e. The number of aryl methyl sites for hydroxylation is 2. The van der Waals surface area contributed by atoms with E-state index in [4.69, 9.17) is 9.47 Å². The Kier molecular flexibility index (Phi) is 6.93. The second kappa shape index (κ2) is 9.93. The molecule has 1 N–H and O–H groups in total. The molecule has 4 aromatic rings. The van der Waals surface area contributed by atoms with Crippen molar-refractivity contribution in [2.75, 3.05) is 18.9 Å². The predicted octanol–water partition coefficient (Wildman–Crippen LogP) is 2.96. The number of nitrogens with one attached hydrogen (secondary N) is 1. The number of methoxy groups -OCH3 is 2. The van der Waals surface area contributed by atoms with E-state index in [1.54, 1.807) is 68.4 Å². The predicted molar refractivity (Wildman–Crippen MR) is 136 cm³/mol. The maximum absolute atomic E-state index is 13.5. The van der Waals surface area contributed by atoms with Crippen LogP contribution in [0.25, 0.3) is 17.2 Å². The molecule has 0 aliphatic carbocycles. The summed E-state index contributed by atoms with van der Waals surface area (Å²) in [7, 11) is 0.831. The van der Waals surface area contributed by atoms with Crippen molar-refractivity contribution in [2.45, 2.75) is 31.9 Å². The van der Waals surface area contributed by atoms with Gasteiger partial charge in [-0.3, -0.25) is 14.0 Å². The van der Waals surface area contributed by atoms with Crippen molar-refractivity contribution < 1.29 is 19.3 Å². The highest BCUT2D eigenvalue weighted by molar-refractivity contribution is 7.93. The van der Waals surface area contributed by atoms with Gasteiger partial charge < -0.3 is 9.47 Å². The second-order valence-corrected chi connectivity index (χ2v) is 10.4. The van der Waals surface area contributed by atoms with Gasteiger partial charge in [-0.2, -0.15) is 5.10 Å². The molecule has 0 amide bonds. The number of benzene rings is 1. The van der Waals surface area contributed by atoms with E-state index in [1.165, 1.54) is 18.8 Å². The van der Waals surface area contributed by atoms with Crippen LogP contribution in [0.2, 0.25) is 0 Å². The summed E-state index contributed by atoms with van der Waals surface area (Å²) in [6.45, 7) is 5.23. The summed E-state index contributed by atoms with van der Waals surface area (Å²) in [5.41, 5.74) is 1.80. The maximum atomic E-state index is 13.5. The van der Waals surface area contributed by atoms with Gasteiger partial charge in [0, 0.05) is 33.0 Å². The quantitative estimate of drug-likeness (QED) is 0.357. The highest BCUT2D eigenvalue weighted by atomic mass is 32.2. The number of anilines is 1. The Morgan fingerprint density at radius 2 is 1.67 bits per heavy atom. The van der Waals surface area contributed by atoms with Crippen LogP contribution >= 0.6 is 0 Å². The monoisotopic (exact) mass is 514 g/mol. The average molecular weight is 515 g/mol. The lowest BCUT2D eigenvalue weighted by Gasteiger charge is -2.21. The summed E-state index contributed by atoms with van der Waals surface area (Å²) < 4.78 is 43.9. The fraction of sp³-hybridized carbons (Fsp3) is 0.348. The minimum Gasteiger partial charge on any atom is -0.494 e. The molecule has 3 aromatic heterocycles. The van der Waals surface area contributed by atoms with Crippen molar-refractivity contribution in [3.63, 3.8) is 0 Å². The molecule has 0 aliphatic rings. The van der Waals surface area contributed by atoms with Gasteiger partial charge in [0.15, 0.2) is 5.82 Å². The van der Waals surface area contributed by atoms with Crippen LogP contribution in [-0.2, 0) is 17.1 Å². The lowest BCUT2D eigenvalue weighted by molar-refractivity contribution is 0.391. The molecular weight excluding hydrogens is 484 g/mol. The summed E-state index contributed by atoms with van der Waals surface area (Å²) in [5.74, 6) is 1.07. The van der Waals surface area contributed by atoms with Crippen LogP contribution in [0.4, 0.5) is 5.95 Å². The molecule has 192 valence electrons. The van der Waals surface area contributed by atoms with E-state index in [9.17, 15) is 8.42 Å². The van der Waals surface area contributed by atoms with Crippen LogP contribution in [0.5, 0.6) is 11.5 Å². The Bertz CT molecular complexity index is 1450. The molecule has 1 aromatic carbocycles. The molecule has 13 heteroatoms. The fourth-order valence-electron chi connectivity index (χ4n) is 3.65. The minimum atomic E-state index is -3.96.